The molecule has 0 aromatic heterocycles. The normalized spacial score (nSPS) is 35.9. The summed E-state index contributed by atoms with van der Waals surface area (Å²) in [5.74, 6) is -0.743. The van der Waals surface area contributed by atoms with Crippen molar-refractivity contribution in [2.24, 2.45) is 23.7 Å². The first-order chi connectivity index (χ1) is 7.78. The van der Waals surface area contributed by atoms with E-state index in [0.717, 1.165) is 12.8 Å². The number of hydrogen-bond acceptors (Lipinski definition) is 3. The lowest BCUT2D eigenvalue weighted by molar-refractivity contribution is -0.163. The number of carboxylic acids is 1. The number of carbonyl (C=O) groups excluding carboxylic acids is 1. The first-order valence-electron chi connectivity index (χ1n) is 6.23. The minimum Gasteiger partial charge on any atom is -0.481 e. The maximum absolute atomic E-state index is 12.0. The Kier molecular flexibility index (Phi) is 2.92. The largest absolute Gasteiger partial charge is 0.481 e. The summed E-state index contributed by atoms with van der Waals surface area (Å²) < 4.78 is 5.37. The Morgan fingerprint density at radius 3 is 2.35 bits per heavy atom. The van der Waals surface area contributed by atoms with Crippen molar-refractivity contribution in [3.8, 4) is 0 Å². The van der Waals surface area contributed by atoms with Crippen molar-refractivity contribution >= 4 is 11.9 Å². The first-order valence-corrected chi connectivity index (χ1v) is 6.23. The van der Waals surface area contributed by atoms with Gasteiger partial charge in [0.2, 0.25) is 0 Å². The van der Waals surface area contributed by atoms with E-state index in [-0.39, 0.29) is 17.8 Å². The van der Waals surface area contributed by atoms with Gasteiger partial charge in [0, 0.05) is 0 Å². The predicted molar refractivity (Wildman–Crippen MR) is 61.3 cm³/mol. The number of rotatable bonds is 2. The molecule has 0 aromatic rings. The molecule has 0 amide bonds. The van der Waals surface area contributed by atoms with Crippen molar-refractivity contribution in [1.29, 1.82) is 0 Å². The van der Waals surface area contributed by atoms with Gasteiger partial charge in [-0.1, -0.05) is 0 Å². The third kappa shape index (κ3) is 2.79. The number of ether oxygens (including phenoxy) is 1. The minimum absolute atomic E-state index is 0.200. The quantitative estimate of drug-likeness (QED) is 0.750. The highest BCUT2D eigenvalue weighted by Gasteiger charge is 2.53. The van der Waals surface area contributed by atoms with Crippen molar-refractivity contribution in [2.75, 3.05) is 0 Å². The molecule has 4 nitrogen and oxygen atoms in total. The third-order valence-corrected chi connectivity index (χ3v) is 3.68. The average Bonchev–Trinajstić information content (AvgIpc) is 2.91. The Morgan fingerprint density at radius 2 is 1.82 bits per heavy atom. The van der Waals surface area contributed by atoms with Crippen LogP contribution in [0.5, 0.6) is 0 Å². The van der Waals surface area contributed by atoms with Gasteiger partial charge in [0.15, 0.2) is 0 Å². The van der Waals surface area contributed by atoms with Crippen LogP contribution in [-0.4, -0.2) is 22.6 Å². The van der Waals surface area contributed by atoms with Crippen LogP contribution < -0.4 is 0 Å². The van der Waals surface area contributed by atoms with Crippen LogP contribution in [0.1, 0.15) is 40.0 Å². The second-order valence-electron chi connectivity index (χ2n) is 6.31. The molecule has 2 saturated carbocycles. The smallest absolute Gasteiger partial charge is 0.309 e. The molecule has 2 aliphatic carbocycles. The fraction of sp³-hybridized carbons (Fsp3) is 0.846. The van der Waals surface area contributed by atoms with Crippen LogP contribution in [0.15, 0.2) is 0 Å². The van der Waals surface area contributed by atoms with Crippen LogP contribution >= 0.6 is 0 Å². The summed E-state index contributed by atoms with van der Waals surface area (Å²) in [6, 6.07) is 0. The van der Waals surface area contributed by atoms with Crippen molar-refractivity contribution in [3.05, 3.63) is 0 Å². The van der Waals surface area contributed by atoms with Crippen molar-refractivity contribution in [3.63, 3.8) is 0 Å². The molecule has 2 aliphatic rings. The van der Waals surface area contributed by atoms with E-state index in [4.69, 9.17) is 9.84 Å². The summed E-state index contributed by atoms with van der Waals surface area (Å²) >= 11 is 0. The molecular formula is C13H20O4. The van der Waals surface area contributed by atoms with Crippen LogP contribution in [-0.2, 0) is 14.3 Å². The number of carbonyl (C=O) groups is 2. The van der Waals surface area contributed by atoms with E-state index in [1.807, 2.05) is 20.8 Å². The zero-order valence-electron chi connectivity index (χ0n) is 10.6. The van der Waals surface area contributed by atoms with Gasteiger partial charge in [-0.15, -0.1) is 0 Å². The summed E-state index contributed by atoms with van der Waals surface area (Å²) in [4.78, 5) is 23.0. The number of esters is 1. The van der Waals surface area contributed by atoms with E-state index >= 15 is 0 Å². The lowest BCUT2D eigenvalue weighted by atomic mass is 9.81. The van der Waals surface area contributed by atoms with E-state index in [0.29, 0.717) is 18.3 Å². The number of fused-ring (bicyclic) bond motifs is 1. The molecule has 1 N–H and O–H groups in total. The Balaban J connectivity index is 2.01. The molecule has 0 saturated heterocycles. The van der Waals surface area contributed by atoms with Crippen LogP contribution in [0.2, 0.25) is 0 Å². The Labute approximate surface area is 101 Å². The van der Waals surface area contributed by atoms with Crippen molar-refractivity contribution in [2.45, 2.75) is 45.6 Å². The lowest BCUT2D eigenvalue weighted by Crippen LogP contribution is -2.34. The fourth-order valence-corrected chi connectivity index (χ4v) is 2.83. The van der Waals surface area contributed by atoms with Crippen LogP contribution in [0.25, 0.3) is 0 Å². The molecule has 2 rings (SSSR count). The minimum atomic E-state index is -0.774. The van der Waals surface area contributed by atoms with Gasteiger partial charge in [0.25, 0.3) is 0 Å². The molecule has 4 atom stereocenters. The summed E-state index contributed by atoms with van der Waals surface area (Å²) in [5.41, 5.74) is -0.488. The number of hydrogen-bond donors (Lipinski definition) is 1. The highest BCUT2D eigenvalue weighted by atomic mass is 16.6. The van der Waals surface area contributed by atoms with Crippen LogP contribution in [0, 0.1) is 23.7 Å². The highest BCUT2D eigenvalue weighted by Crippen LogP contribution is 2.55. The highest BCUT2D eigenvalue weighted by molar-refractivity contribution is 5.77. The zero-order valence-corrected chi connectivity index (χ0v) is 10.6. The molecule has 0 aromatic carbocycles. The maximum atomic E-state index is 12.0. The maximum Gasteiger partial charge on any atom is 0.309 e. The molecule has 17 heavy (non-hydrogen) atoms. The van der Waals surface area contributed by atoms with E-state index in [9.17, 15) is 9.59 Å². The Hall–Kier alpha value is -1.06. The molecule has 4 unspecified atom stereocenters. The third-order valence-electron chi connectivity index (χ3n) is 3.68. The van der Waals surface area contributed by atoms with Crippen LogP contribution in [0.4, 0.5) is 0 Å². The fourth-order valence-electron chi connectivity index (χ4n) is 2.83. The van der Waals surface area contributed by atoms with Gasteiger partial charge in [0.05, 0.1) is 11.8 Å². The van der Waals surface area contributed by atoms with Crippen LogP contribution in [0.3, 0.4) is 0 Å². The van der Waals surface area contributed by atoms with Gasteiger partial charge in [-0.05, 0) is 51.9 Å². The molecule has 0 radical (unpaired) electrons. The lowest BCUT2D eigenvalue weighted by Gasteiger charge is -2.28. The van der Waals surface area contributed by atoms with E-state index < -0.39 is 11.6 Å². The van der Waals surface area contributed by atoms with E-state index in [1.54, 1.807) is 0 Å². The van der Waals surface area contributed by atoms with Gasteiger partial charge >= 0.3 is 11.9 Å². The van der Waals surface area contributed by atoms with Gasteiger partial charge < -0.3 is 9.84 Å². The average molecular weight is 240 g/mol. The standard InChI is InChI=1S/C13H20O4/c1-13(2,3)17-12(16)10-6-8(11(14)15)4-7-5-9(7)10/h7-10H,4-6H2,1-3H3,(H,14,15). The first kappa shape index (κ1) is 12.4. The summed E-state index contributed by atoms with van der Waals surface area (Å²) in [7, 11) is 0. The van der Waals surface area contributed by atoms with Gasteiger partial charge in [-0.2, -0.15) is 0 Å². The van der Waals surface area contributed by atoms with Gasteiger partial charge in [-0.25, -0.2) is 0 Å². The summed E-state index contributed by atoms with van der Waals surface area (Å²) in [5, 5.41) is 9.05. The topological polar surface area (TPSA) is 63.6 Å². The van der Waals surface area contributed by atoms with Gasteiger partial charge in [0.1, 0.15) is 5.60 Å². The molecule has 0 aliphatic heterocycles. The molecule has 0 heterocycles. The van der Waals surface area contributed by atoms with E-state index in [1.165, 1.54) is 0 Å². The molecule has 2 fully saturated rings. The molecule has 96 valence electrons. The SMILES string of the molecule is CC(C)(C)OC(=O)C1CC(C(=O)O)CC2CC21. The van der Waals surface area contributed by atoms with Crippen molar-refractivity contribution < 1.29 is 19.4 Å². The van der Waals surface area contributed by atoms with E-state index in [2.05, 4.69) is 0 Å². The zero-order chi connectivity index (χ0) is 12.8. The molecule has 4 heteroatoms. The monoisotopic (exact) mass is 240 g/mol. The summed E-state index contributed by atoms with van der Waals surface area (Å²) in [6.07, 6.45) is 2.18. The second kappa shape index (κ2) is 4.00. The second-order valence-corrected chi connectivity index (χ2v) is 6.31. The molecular weight excluding hydrogens is 220 g/mol. The summed E-state index contributed by atoms with van der Waals surface area (Å²) in [6.45, 7) is 5.52. The van der Waals surface area contributed by atoms with Gasteiger partial charge in [-0.3, -0.25) is 9.59 Å². The van der Waals surface area contributed by atoms with Crippen molar-refractivity contribution in [1.82, 2.24) is 0 Å². The number of carboxylic acid groups (broad SMARTS) is 1. The predicted octanol–water partition coefficient (Wildman–Crippen LogP) is 2.08. The molecule has 0 spiro atoms. The Bertz CT molecular complexity index is 342. The number of aliphatic carboxylic acids is 1. The Morgan fingerprint density at radius 1 is 1.18 bits per heavy atom. The molecule has 0 bridgehead atoms.